The first-order valence-electron chi connectivity index (χ1n) is 10.5. The first kappa shape index (κ1) is 23.4. The molecular weight excluding hydrogens is 470 g/mol. The lowest BCUT2D eigenvalue weighted by molar-refractivity contribution is 0.102. The van der Waals surface area contributed by atoms with Crippen LogP contribution in [0.5, 0.6) is 0 Å². The first-order chi connectivity index (χ1) is 15.8. The van der Waals surface area contributed by atoms with Crippen LogP contribution in [0.2, 0.25) is 0 Å². The van der Waals surface area contributed by atoms with Crippen LogP contribution >= 0.6 is 11.3 Å². The summed E-state index contributed by atoms with van der Waals surface area (Å²) in [7, 11) is -3.74. The molecular formula is C22H22F2N4O3S2. The molecule has 2 aromatic carbocycles. The number of carbonyl (C=O) groups excluding carboxylic acids is 1. The molecule has 1 aliphatic heterocycles. The van der Waals surface area contributed by atoms with E-state index < -0.39 is 33.6 Å². The van der Waals surface area contributed by atoms with Gasteiger partial charge in [0.05, 0.1) is 10.9 Å². The van der Waals surface area contributed by atoms with E-state index in [-0.39, 0.29) is 15.6 Å². The molecule has 0 aliphatic carbocycles. The van der Waals surface area contributed by atoms with Gasteiger partial charge >= 0.3 is 0 Å². The van der Waals surface area contributed by atoms with E-state index >= 15 is 0 Å². The van der Waals surface area contributed by atoms with Crippen LogP contribution in [0, 0.1) is 11.6 Å². The molecule has 7 nitrogen and oxygen atoms in total. The van der Waals surface area contributed by atoms with E-state index in [9.17, 15) is 22.0 Å². The Kier molecular flexibility index (Phi) is 6.82. The summed E-state index contributed by atoms with van der Waals surface area (Å²) in [6.07, 6.45) is 3.08. The summed E-state index contributed by atoms with van der Waals surface area (Å²) in [5.74, 6) is -2.74. The molecule has 3 aromatic rings. The van der Waals surface area contributed by atoms with Crippen LogP contribution in [0.3, 0.4) is 0 Å². The number of nitrogens with one attached hydrogen (secondary N) is 1. The lowest BCUT2D eigenvalue weighted by Crippen LogP contribution is -2.30. The van der Waals surface area contributed by atoms with E-state index in [1.54, 1.807) is 12.1 Å². The summed E-state index contributed by atoms with van der Waals surface area (Å²) < 4.78 is 54.4. The van der Waals surface area contributed by atoms with Crippen molar-refractivity contribution in [2.75, 3.05) is 11.9 Å². The number of aryl methyl sites for hydroxylation is 1. The van der Waals surface area contributed by atoms with Crippen LogP contribution in [-0.4, -0.2) is 35.4 Å². The smallest absolute Gasteiger partial charge is 0.286 e. The Morgan fingerprint density at radius 2 is 1.91 bits per heavy atom. The highest BCUT2D eigenvalue weighted by Gasteiger charge is 2.38. The van der Waals surface area contributed by atoms with Crippen LogP contribution in [0.25, 0.3) is 0 Å². The van der Waals surface area contributed by atoms with Crippen molar-refractivity contribution in [2.45, 2.75) is 43.5 Å². The van der Waals surface area contributed by atoms with Gasteiger partial charge in [0.2, 0.25) is 15.0 Å². The number of hydrogen-bond donors (Lipinski definition) is 1. The molecule has 4 rings (SSSR count). The molecule has 0 bridgehead atoms. The number of aromatic nitrogens is 2. The van der Waals surface area contributed by atoms with Gasteiger partial charge in [-0.25, -0.2) is 17.2 Å². The normalized spacial score (nSPS) is 16.8. The summed E-state index contributed by atoms with van der Waals surface area (Å²) in [4.78, 5) is 12.7. The molecule has 1 N–H and O–H groups in total. The second-order valence-electron chi connectivity index (χ2n) is 7.70. The first-order valence-corrected chi connectivity index (χ1v) is 12.8. The highest BCUT2D eigenvalue weighted by atomic mass is 32.2. The number of nitrogens with zero attached hydrogens (tertiary/aromatic N) is 3. The van der Waals surface area contributed by atoms with Gasteiger partial charge in [-0.3, -0.25) is 4.79 Å². The van der Waals surface area contributed by atoms with E-state index in [0.717, 1.165) is 41.9 Å². The third-order valence-electron chi connectivity index (χ3n) is 5.37. The van der Waals surface area contributed by atoms with E-state index in [4.69, 9.17) is 0 Å². The van der Waals surface area contributed by atoms with Gasteiger partial charge in [0.1, 0.15) is 5.01 Å². The fourth-order valence-electron chi connectivity index (χ4n) is 3.75. The standard InChI is InChI=1S/C22H22F2N4O3S2/c1-2-4-14-6-9-16(10-7-14)33(30,31)28-12-3-5-19(28)21-26-27-22(32-21)20(29)25-15-8-11-17(23)18(24)13-15/h6-11,13,19H,2-5,12H2,1H3,(H,25,29)/t19-/m0/s1. The minimum atomic E-state index is -3.74. The number of halogens is 2. The van der Waals surface area contributed by atoms with Crippen molar-refractivity contribution >= 4 is 33.0 Å². The van der Waals surface area contributed by atoms with Gasteiger partial charge in [0.25, 0.3) is 5.91 Å². The van der Waals surface area contributed by atoms with Gasteiger partial charge in [0.15, 0.2) is 11.6 Å². The van der Waals surface area contributed by atoms with Gasteiger partial charge in [-0.1, -0.05) is 36.8 Å². The number of carbonyl (C=O) groups is 1. The number of hydrogen-bond acceptors (Lipinski definition) is 6. The Balaban J connectivity index is 1.51. The maximum atomic E-state index is 13.4. The van der Waals surface area contributed by atoms with Crippen molar-refractivity contribution in [2.24, 2.45) is 0 Å². The second-order valence-corrected chi connectivity index (χ2v) is 10.6. The molecule has 1 atom stereocenters. The molecule has 2 heterocycles. The van der Waals surface area contributed by atoms with Crippen LogP contribution in [-0.2, 0) is 16.4 Å². The number of benzene rings is 2. The monoisotopic (exact) mass is 492 g/mol. The molecule has 0 radical (unpaired) electrons. The van der Waals surface area contributed by atoms with E-state index in [0.29, 0.717) is 24.4 Å². The van der Waals surface area contributed by atoms with E-state index in [1.165, 1.54) is 10.4 Å². The van der Waals surface area contributed by atoms with Crippen LogP contribution < -0.4 is 5.32 Å². The van der Waals surface area contributed by atoms with E-state index in [1.807, 2.05) is 12.1 Å². The molecule has 33 heavy (non-hydrogen) atoms. The Morgan fingerprint density at radius 3 is 2.61 bits per heavy atom. The Morgan fingerprint density at radius 1 is 1.15 bits per heavy atom. The van der Waals surface area contributed by atoms with Crippen LogP contribution in [0.15, 0.2) is 47.4 Å². The minimum absolute atomic E-state index is 0.00268. The van der Waals surface area contributed by atoms with E-state index in [2.05, 4.69) is 22.4 Å². The SMILES string of the molecule is CCCc1ccc(S(=O)(=O)N2CCC[C@H]2c2nnc(C(=O)Nc3ccc(F)c(F)c3)s2)cc1. The van der Waals surface area contributed by atoms with Gasteiger partial charge in [-0.2, -0.15) is 4.31 Å². The fourth-order valence-corrected chi connectivity index (χ4v) is 6.36. The zero-order valence-electron chi connectivity index (χ0n) is 17.8. The number of amides is 1. The zero-order chi connectivity index (χ0) is 23.6. The molecule has 1 fully saturated rings. The topological polar surface area (TPSA) is 92.3 Å². The third-order valence-corrected chi connectivity index (χ3v) is 8.32. The molecule has 1 saturated heterocycles. The van der Waals surface area contributed by atoms with Gasteiger partial charge in [0, 0.05) is 18.3 Å². The summed E-state index contributed by atoms with van der Waals surface area (Å²) >= 11 is 0.981. The largest absolute Gasteiger partial charge is 0.320 e. The van der Waals surface area contributed by atoms with Crippen molar-refractivity contribution in [1.82, 2.24) is 14.5 Å². The molecule has 1 aromatic heterocycles. The van der Waals surface area contributed by atoms with Crippen molar-refractivity contribution in [3.63, 3.8) is 0 Å². The lowest BCUT2D eigenvalue weighted by atomic mass is 10.1. The van der Waals surface area contributed by atoms with Gasteiger partial charge in [-0.15, -0.1) is 10.2 Å². The predicted octanol–water partition coefficient (Wildman–Crippen LogP) is 4.55. The zero-order valence-corrected chi connectivity index (χ0v) is 19.4. The highest BCUT2D eigenvalue weighted by molar-refractivity contribution is 7.89. The summed E-state index contributed by atoms with van der Waals surface area (Å²) in [6, 6.07) is 9.38. The average Bonchev–Trinajstić information content (AvgIpc) is 3.47. The van der Waals surface area contributed by atoms with Gasteiger partial charge < -0.3 is 5.32 Å². The molecule has 1 amide bonds. The van der Waals surface area contributed by atoms with Crippen molar-refractivity contribution < 1.29 is 22.0 Å². The van der Waals surface area contributed by atoms with Crippen molar-refractivity contribution in [3.8, 4) is 0 Å². The number of anilines is 1. The summed E-state index contributed by atoms with van der Waals surface area (Å²) in [6.45, 7) is 2.41. The fraction of sp³-hybridized carbons (Fsp3) is 0.318. The molecule has 0 unspecified atom stereocenters. The predicted molar refractivity (Wildman–Crippen MR) is 121 cm³/mol. The summed E-state index contributed by atoms with van der Waals surface area (Å²) in [5.41, 5.74) is 1.16. The Bertz CT molecular complexity index is 1260. The molecule has 0 spiro atoms. The maximum Gasteiger partial charge on any atom is 0.286 e. The molecule has 11 heteroatoms. The summed E-state index contributed by atoms with van der Waals surface area (Å²) in [5, 5.41) is 10.8. The second kappa shape index (κ2) is 9.62. The van der Waals surface area contributed by atoms with Crippen molar-refractivity contribution in [1.29, 1.82) is 0 Å². The average molecular weight is 493 g/mol. The molecule has 1 aliphatic rings. The number of rotatable bonds is 7. The number of sulfonamides is 1. The highest BCUT2D eigenvalue weighted by Crippen LogP contribution is 2.37. The quantitative estimate of drug-likeness (QED) is 0.523. The lowest BCUT2D eigenvalue weighted by Gasteiger charge is -2.22. The molecule has 0 saturated carbocycles. The third kappa shape index (κ3) is 4.94. The Labute approximate surface area is 194 Å². The van der Waals surface area contributed by atoms with Crippen LogP contribution in [0.1, 0.15) is 52.6 Å². The Hall–Kier alpha value is -2.76. The van der Waals surface area contributed by atoms with Gasteiger partial charge in [-0.05, 0) is 49.1 Å². The van der Waals surface area contributed by atoms with Crippen LogP contribution in [0.4, 0.5) is 14.5 Å². The maximum absolute atomic E-state index is 13.4. The molecule has 174 valence electrons. The van der Waals surface area contributed by atoms with Crippen molar-refractivity contribution in [3.05, 3.63) is 69.7 Å². The minimum Gasteiger partial charge on any atom is -0.320 e.